The highest BCUT2D eigenvalue weighted by atomic mass is 19.4. The van der Waals surface area contributed by atoms with Crippen molar-refractivity contribution in [2.24, 2.45) is 0 Å². The van der Waals surface area contributed by atoms with E-state index in [1.165, 1.54) is 31.3 Å². The van der Waals surface area contributed by atoms with Crippen molar-refractivity contribution < 1.29 is 13.2 Å². The third-order valence-corrected chi connectivity index (χ3v) is 5.66. The molecule has 0 spiro atoms. The van der Waals surface area contributed by atoms with Gasteiger partial charge in [-0.2, -0.15) is 23.5 Å². The molecule has 0 amide bonds. The summed E-state index contributed by atoms with van der Waals surface area (Å²) in [6.07, 6.45) is 0.807. The fourth-order valence-corrected chi connectivity index (χ4v) is 3.70. The molecule has 3 aromatic heterocycles. The molecular weight excluding hydrogens is 505 g/mol. The number of hydrogen-bond acceptors (Lipinski definition) is 7. The molecule has 0 aliphatic heterocycles. The molecule has 0 unspecified atom stereocenters. The smallest absolute Gasteiger partial charge is 0.368 e. The van der Waals surface area contributed by atoms with Crippen LogP contribution in [-0.4, -0.2) is 58.2 Å². The lowest BCUT2D eigenvalue weighted by Crippen LogP contribution is -2.15. The number of pyridine rings is 1. The Kier molecular flexibility index (Phi) is 10.2. The predicted molar refractivity (Wildman–Crippen MR) is 148 cm³/mol. The number of alkyl halides is 3. The Labute approximate surface area is 226 Å². The first-order chi connectivity index (χ1) is 18.6. The van der Waals surface area contributed by atoms with Gasteiger partial charge in [-0.3, -0.25) is 0 Å². The van der Waals surface area contributed by atoms with Crippen LogP contribution >= 0.6 is 0 Å². The number of nitriles is 1. The second-order valence-electron chi connectivity index (χ2n) is 9.07. The molecule has 4 rings (SSSR count). The molecule has 8 nitrogen and oxygen atoms in total. The third kappa shape index (κ3) is 8.41. The molecule has 39 heavy (non-hydrogen) atoms. The Hall–Kier alpha value is -4.17. The summed E-state index contributed by atoms with van der Waals surface area (Å²) in [6, 6.07) is 12.3. The lowest BCUT2D eigenvalue weighted by molar-refractivity contribution is -0.137. The van der Waals surface area contributed by atoms with Gasteiger partial charge in [-0.05, 0) is 63.8 Å². The third-order valence-electron chi connectivity index (χ3n) is 5.66. The SMILES string of the molecule is CCCN(C)C.CCc1cc2c(NCCNc3ccc(C#N)cn3)nc(-c3ccc(C(F)(F)F)cc3)cn2n1. The molecule has 3 heterocycles. The number of nitrogens with zero attached hydrogens (tertiary/aromatic N) is 6. The monoisotopic (exact) mass is 538 g/mol. The minimum atomic E-state index is -4.39. The first kappa shape index (κ1) is 29.4. The molecule has 0 atom stereocenters. The van der Waals surface area contributed by atoms with Gasteiger partial charge in [-0.25, -0.2) is 14.5 Å². The highest BCUT2D eigenvalue weighted by molar-refractivity contribution is 5.72. The van der Waals surface area contributed by atoms with Crippen LogP contribution in [-0.2, 0) is 12.6 Å². The summed E-state index contributed by atoms with van der Waals surface area (Å²) < 4.78 is 40.4. The number of benzene rings is 1. The number of anilines is 2. The van der Waals surface area contributed by atoms with E-state index < -0.39 is 11.7 Å². The lowest BCUT2D eigenvalue weighted by Gasteiger charge is -2.12. The quantitative estimate of drug-likeness (QED) is 0.263. The van der Waals surface area contributed by atoms with E-state index in [1.54, 1.807) is 22.8 Å². The van der Waals surface area contributed by atoms with Crippen molar-refractivity contribution in [3.05, 3.63) is 71.7 Å². The van der Waals surface area contributed by atoms with E-state index >= 15 is 0 Å². The zero-order chi connectivity index (χ0) is 28.4. The van der Waals surface area contributed by atoms with Crippen LogP contribution in [0, 0.1) is 11.3 Å². The Bertz CT molecular complexity index is 1370. The van der Waals surface area contributed by atoms with E-state index in [2.05, 4.69) is 51.6 Å². The van der Waals surface area contributed by atoms with Crippen molar-refractivity contribution in [1.82, 2.24) is 24.5 Å². The molecule has 0 aliphatic carbocycles. The molecular formula is C28H33F3N8. The number of hydrogen-bond donors (Lipinski definition) is 2. The maximum absolute atomic E-state index is 12.9. The van der Waals surface area contributed by atoms with Crippen molar-refractivity contribution >= 4 is 17.2 Å². The Morgan fingerprint density at radius 3 is 2.28 bits per heavy atom. The van der Waals surface area contributed by atoms with Gasteiger partial charge in [0.1, 0.15) is 17.4 Å². The number of fused-ring (bicyclic) bond motifs is 1. The van der Waals surface area contributed by atoms with E-state index in [9.17, 15) is 13.2 Å². The van der Waals surface area contributed by atoms with Crippen molar-refractivity contribution in [2.45, 2.75) is 32.9 Å². The van der Waals surface area contributed by atoms with Crippen LogP contribution in [0.1, 0.15) is 37.1 Å². The van der Waals surface area contributed by atoms with Gasteiger partial charge in [0.2, 0.25) is 0 Å². The van der Waals surface area contributed by atoms with Crippen LogP contribution in [0.2, 0.25) is 0 Å². The topological polar surface area (TPSA) is 94.2 Å². The maximum Gasteiger partial charge on any atom is 0.416 e. The van der Waals surface area contributed by atoms with Gasteiger partial charge in [-0.1, -0.05) is 26.0 Å². The van der Waals surface area contributed by atoms with Gasteiger partial charge in [0.25, 0.3) is 0 Å². The van der Waals surface area contributed by atoms with Crippen LogP contribution < -0.4 is 10.6 Å². The van der Waals surface area contributed by atoms with Gasteiger partial charge in [0.05, 0.1) is 28.7 Å². The molecule has 1 aromatic carbocycles. The first-order valence-electron chi connectivity index (χ1n) is 12.7. The molecule has 4 aromatic rings. The van der Waals surface area contributed by atoms with Crippen molar-refractivity contribution in [3.63, 3.8) is 0 Å². The fraction of sp³-hybridized carbons (Fsp3) is 0.357. The summed E-state index contributed by atoms with van der Waals surface area (Å²) in [5.74, 6) is 1.22. The average molecular weight is 539 g/mol. The van der Waals surface area contributed by atoms with Gasteiger partial charge < -0.3 is 15.5 Å². The minimum absolute atomic E-state index is 0.484. The normalized spacial score (nSPS) is 11.2. The molecule has 0 saturated heterocycles. The number of aromatic nitrogens is 4. The summed E-state index contributed by atoms with van der Waals surface area (Å²) in [5, 5.41) is 19.8. The Morgan fingerprint density at radius 2 is 1.74 bits per heavy atom. The largest absolute Gasteiger partial charge is 0.416 e. The molecule has 11 heteroatoms. The fourth-order valence-electron chi connectivity index (χ4n) is 3.70. The summed E-state index contributed by atoms with van der Waals surface area (Å²) in [4.78, 5) is 11.0. The summed E-state index contributed by atoms with van der Waals surface area (Å²) in [6.45, 7) is 6.42. The molecule has 206 valence electrons. The van der Waals surface area contributed by atoms with E-state index in [4.69, 9.17) is 5.26 Å². The lowest BCUT2D eigenvalue weighted by atomic mass is 10.1. The zero-order valence-electron chi connectivity index (χ0n) is 22.5. The zero-order valence-corrected chi connectivity index (χ0v) is 22.5. The number of halogens is 3. The van der Waals surface area contributed by atoms with E-state index in [-0.39, 0.29) is 0 Å². The van der Waals surface area contributed by atoms with Crippen LogP contribution in [0.5, 0.6) is 0 Å². The number of nitrogens with one attached hydrogen (secondary N) is 2. The standard InChI is InChI=1S/C23H20F3N7.C5H13N/c1-2-18-11-20-22(29-10-9-28-21-8-3-15(12-27)13-30-21)31-19(14-33(20)32-18)16-4-6-17(7-5-16)23(24,25)26;1-4-5-6(2)3/h3-8,11,13-14H,2,9-10H2,1H3,(H,28,30)(H,29,31);4-5H2,1-3H3. The van der Waals surface area contributed by atoms with Crippen molar-refractivity contribution in [1.29, 1.82) is 5.26 Å². The second kappa shape index (κ2) is 13.6. The molecule has 0 aliphatic rings. The number of aryl methyl sites for hydroxylation is 1. The molecule has 0 fully saturated rings. The van der Waals surface area contributed by atoms with Gasteiger partial charge in [0, 0.05) is 24.8 Å². The number of rotatable bonds is 9. The average Bonchev–Trinajstić information content (AvgIpc) is 3.35. The second-order valence-corrected chi connectivity index (χ2v) is 9.07. The Morgan fingerprint density at radius 1 is 1.03 bits per heavy atom. The highest BCUT2D eigenvalue weighted by Gasteiger charge is 2.30. The van der Waals surface area contributed by atoms with E-state index in [0.717, 1.165) is 29.8 Å². The van der Waals surface area contributed by atoms with Crippen LogP contribution in [0.25, 0.3) is 16.8 Å². The molecule has 0 saturated carbocycles. The van der Waals surface area contributed by atoms with Crippen LogP contribution in [0.3, 0.4) is 0 Å². The molecule has 2 N–H and O–H groups in total. The van der Waals surface area contributed by atoms with E-state index in [0.29, 0.717) is 41.5 Å². The van der Waals surface area contributed by atoms with Gasteiger partial charge in [-0.15, -0.1) is 0 Å². The summed E-state index contributed by atoms with van der Waals surface area (Å²) in [7, 11) is 4.17. The van der Waals surface area contributed by atoms with Gasteiger partial charge in [0.15, 0.2) is 5.82 Å². The van der Waals surface area contributed by atoms with Crippen molar-refractivity contribution in [2.75, 3.05) is 44.4 Å². The maximum atomic E-state index is 12.9. The minimum Gasteiger partial charge on any atom is -0.368 e. The van der Waals surface area contributed by atoms with Crippen LogP contribution in [0.15, 0.2) is 54.9 Å². The first-order valence-corrected chi connectivity index (χ1v) is 12.7. The summed E-state index contributed by atoms with van der Waals surface area (Å²) >= 11 is 0. The van der Waals surface area contributed by atoms with Crippen LogP contribution in [0.4, 0.5) is 24.8 Å². The van der Waals surface area contributed by atoms with E-state index in [1.807, 2.05) is 19.1 Å². The molecule has 0 radical (unpaired) electrons. The summed E-state index contributed by atoms with van der Waals surface area (Å²) in [5.41, 5.74) is 2.49. The molecule has 0 bridgehead atoms. The predicted octanol–water partition coefficient (Wildman–Crippen LogP) is 5.73. The van der Waals surface area contributed by atoms with Crippen molar-refractivity contribution in [3.8, 4) is 17.3 Å². The highest BCUT2D eigenvalue weighted by Crippen LogP contribution is 2.31. The Balaban J connectivity index is 0.000000631. The van der Waals surface area contributed by atoms with Gasteiger partial charge >= 0.3 is 6.18 Å².